The van der Waals surface area contributed by atoms with E-state index >= 15 is 0 Å². The normalized spacial score (nSPS) is 14.2. The molecule has 0 unspecified atom stereocenters. The second-order valence-corrected chi connectivity index (χ2v) is 8.78. The standard InChI is InChI=1S/C27H34FN5O3/c1-35-18-12-29-25(34)11-15-33(14-4-13-32-16-19-36-20-17-32)27-23-5-2-3-6-24(23)30-26(31-27)21-7-9-22(28)10-8-21/h2-3,5-10H,4,11-20H2,1H3,(H,29,34). The van der Waals surface area contributed by atoms with Gasteiger partial charge in [0.05, 0.1) is 25.3 Å². The van der Waals surface area contributed by atoms with Gasteiger partial charge in [-0.25, -0.2) is 14.4 Å². The average Bonchev–Trinajstić information content (AvgIpc) is 2.91. The quantitative estimate of drug-likeness (QED) is 0.387. The maximum atomic E-state index is 13.5. The lowest BCUT2D eigenvalue weighted by molar-refractivity contribution is -0.121. The number of aromatic nitrogens is 2. The van der Waals surface area contributed by atoms with Crippen LogP contribution in [0, 0.1) is 5.82 Å². The Morgan fingerprint density at radius 1 is 1.11 bits per heavy atom. The van der Waals surface area contributed by atoms with Crippen molar-refractivity contribution in [2.45, 2.75) is 12.8 Å². The molecule has 0 radical (unpaired) electrons. The average molecular weight is 496 g/mol. The SMILES string of the molecule is COCCNC(=O)CCN(CCCN1CCOCC1)c1nc(-c2ccc(F)cc2)nc2ccccc12. The van der Waals surface area contributed by atoms with E-state index in [0.29, 0.717) is 31.9 Å². The summed E-state index contributed by atoms with van der Waals surface area (Å²) < 4.78 is 24.0. The zero-order chi connectivity index (χ0) is 25.2. The molecule has 0 aliphatic carbocycles. The number of hydrogen-bond acceptors (Lipinski definition) is 7. The number of benzene rings is 2. The van der Waals surface area contributed by atoms with Gasteiger partial charge < -0.3 is 19.7 Å². The number of halogens is 1. The van der Waals surface area contributed by atoms with Crippen molar-refractivity contribution in [1.82, 2.24) is 20.2 Å². The van der Waals surface area contributed by atoms with Crippen LogP contribution in [-0.2, 0) is 14.3 Å². The van der Waals surface area contributed by atoms with Gasteiger partial charge in [0.2, 0.25) is 5.91 Å². The molecule has 1 N–H and O–H groups in total. The Labute approximate surface area is 211 Å². The van der Waals surface area contributed by atoms with E-state index in [4.69, 9.17) is 19.4 Å². The maximum absolute atomic E-state index is 13.5. The molecular formula is C27H34FN5O3. The summed E-state index contributed by atoms with van der Waals surface area (Å²) in [4.78, 5) is 26.7. The van der Waals surface area contributed by atoms with Gasteiger partial charge in [0.1, 0.15) is 11.6 Å². The first-order valence-corrected chi connectivity index (χ1v) is 12.5. The lowest BCUT2D eigenvalue weighted by atomic mass is 10.1. The summed E-state index contributed by atoms with van der Waals surface area (Å²) in [6.45, 7) is 6.59. The molecule has 1 amide bonds. The molecule has 8 nitrogen and oxygen atoms in total. The van der Waals surface area contributed by atoms with E-state index in [1.165, 1.54) is 12.1 Å². The minimum atomic E-state index is -0.302. The van der Waals surface area contributed by atoms with Crippen molar-refractivity contribution < 1.29 is 18.7 Å². The Hall–Kier alpha value is -3.14. The van der Waals surface area contributed by atoms with Gasteiger partial charge in [-0.15, -0.1) is 0 Å². The monoisotopic (exact) mass is 495 g/mol. The van der Waals surface area contributed by atoms with Crippen molar-refractivity contribution in [2.75, 3.05) is 71.1 Å². The highest BCUT2D eigenvalue weighted by molar-refractivity contribution is 5.91. The molecule has 192 valence electrons. The van der Waals surface area contributed by atoms with Crippen molar-refractivity contribution in [2.24, 2.45) is 0 Å². The van der Waals surface area contributed by atoms with Gasteiger partial charge in [-0.05, 0) is 42.8 Å². The molecule has 0 spiro atoms. The maximum Gasteiger partial charge on any atom is 0.221 e. The third-order valence-corrected chi connectivity index (χ3v) is 6.23. The van der Waals surface area contributed by atoms with Gasteiger partial charge in [0.25, 0.3) is 0 Å². The van der Waals surface area contributed by atoms with Crippen LogP contribution in [0.25, 0.3) is 22.3 Å². The third kappa shape index (κ3) is 7.19. The third-order valence-electron chi connectivity index (χ3n) is 6.23. The summed E-state index contributed by atoms with van der Waals surface area (Å²) in [5.41, 5.74) is 1.55. The molecule has 1 aliphatic heterocycles. The van der Waals surface area contributed by atoms with Crippen LogP contribution in [0.3, 0.4) is 0 Å². The fraction of sp³-hybridized carbons (Fsp3) is 0.444. The number of methoxy groups -OCH3 is 1. The Morgan fingerprint density at radius 2 is 1.89 bits per heavy atom. The first-order chi connectivity index (χ1) is 17.6. The minimum absolute atomic E-state index is 0.0256. The number of amides is 1. The van der Waals surface area contributed by atoms with Crippen molar-refractivity contribution >= 4 is 22.6 Å². The molecule has 1 fully saturated rings. The summed E-state index contributed by atoms with van der Waals surface area (Å²) in [5, 5.41) is 3.82. The number of nitrogens with one attached hydrogen (secondary N) is 1. The van der Waals surface area contributed by atoms with Crippen molar-refractivity contribution in [3.8, 4) is 11.4 Å². The number of carbonyl (C=O) groups is 1. The fourth-order valence-corrected chi connectivity index (χ4v) is 4.28. The highest BCUT2D eigenvalue weighted by Gasteiger charge is 2.18. The van der Waals surface area contributed by atoms with Gasteiger partial charge in [-0.2, -0.15) is 0 Å². The number of rotatable bonds is 12. The van der Waals surface area contributed by atoms with Crippen molar-refractivity contribution in [3.63, 3.8) is 0 Å². The van der Waals surface area contributed by atoms with Crippen LogP contribution in [-0.4, -0.2) is 87.0 Å². The van der Waals surface area contributed by atoms with Gasteiger partial charge in [0.15, 0.2) is 5.82 Å². The second-order valence-electron chi connectivity index (χ2n) is 8.78. The molecule has 1 saturated heterocycles. The summed E-state index contributed by atoms with van der Waals surface area (Å²) >= 11 is 0. The van der Waals surface area contributed by atoms with Crippen molar-refractivity contribution in [3.05, 3.63) is 54.3 Å². The molecule has 0 atom stereocenters. The smallest absolute Gasteiger partial charge is 0.221 e. The Bertz CT molecular complexity index is 1120. The fourth-order valence-electron chi connectivity index (χ4n) is 4.28. The molecule has 3 aromatic rings. The molecular weight excluding hydrogens is 461 g/mol. The summed E-state index contributed by atoms with van der Waals surface area (Å²) in [6, 6.07) is 14.1. The summed E-state index contributed by atoms with van der Waals surface area (Å²) in [7, 11) is 1.61. The lowest BCUT2D eigenvalue weighted by Gasteiger charge is -2.29. The van der Waals surface area contributed by atoms with Crippen molar-refractivity contribution in [1.29, 1.82) is 0 Å². The van der Waals surface area contributed by atoms with Crippen LogP contribution in [0.15, 0.2) is 48.5 Å². The van der Waals surface area contributed by atoms with Crippen LogP contribution in [0.4, 0.5) is 10.2 Å². The number of ether oxygens (including phenoxy) is 2. The first-order valence-electron chi connectivity index (χ1n) is 12.5. The van der Waals surface area contributed by atoms with E-state index in [1.54, 1.807) is 19.2 Å². The summed E-state index contributed by atoms with van der Waals surface area (Å²) in [6.07, 6.45) is 1.26. The van der Waals surface area contributed by atoms with Crippen LogP contribution in [0.1, 0.15) is 12.8 Å². The topological polar surface area (TPSA) is 79.8 Å². The number of anilines is 1. The molecule has 2 heterocycles. The van der Waals surface area contributed by atoms with Crippen LogP contribution >= 0.6 is 0 Å². The molecule has 1 aliphatic rings. The number of hydrogen-bond donors (Lipinski definition) is 1. The zero-order valence-corrected chi connectivity index (χ0v) is 20.8. The van der Waals surface area contributed by atoms with E-state index in [9.17, 15) is 9.18 Å². The second kappa shape index (κ2) is 13.2. The number of nitrogens with zero attached hydrogens (tertiary/aromatic N) is 4. The molecule has 4 rings (SSSR count). The molecule has 2 aromatic carbocycles. The Kier molecular flexibility index (Phi) is 9.54. The van der Waals surface area contributed by atoms with Crippen LogP contribution in [0.2, 0.25) is 0 Å². The van der Waals surface area contributed by atoms with Gasteiger partial charge in [-0.3, -0.25) is 9.69 Å². The molecule has 0 bridgehead atoms. The lowest BCUT2D eigenvalue weighted by Crippen LogP contribution is -2.39. The van der Waals surface area contributed by atoms with Crippen LogP contribution in [0.5, 0.6) is 0 Å². The Balaban J connectivity index is 1.59. The number of morpholine rings is 1. The van der Waals surface area contributed by atoms with E-state index in [0.717, 1.165) is 68.1 Å². The van der Waals surface area contributed by atoms with E-state index in [1.807, 2.05) is 24.3 Å². The summed E-state index contributed by atoms with van der Waals surface area (Å²) in [5.74, 6) is 0.990. The molecule has 0 saturated carbocycles. The van der Waals surface area contributed by atoms with E-state index in [-0.39, 0.29) is 11.7 Å². The minimum Gasteiger partial charge on any atom is -0.383 e. The van der Waals surface area contributed by atoms with Gasteiger partial charge in [0, 0.05) is 63.7 Å². The highest BCUT2D eigenvalue weighted by Crippen LogP contribution is 2.28. The predicted octanol–water partition coefficient (Wildman–Crippen LogP) is 3.12. The molecule has 1 aromatic heterocycles. The zero-order valence-electron chi connectivity index (χ0n) is 20.8. The van der Waals surface area contributed by atoms with Crippen LogP contribution < -0.4 is 10.2 Å². The highest BCUT2D eigenvalue weighted by atomic mass is 19.1. The first kappa shape index (κ1) is 25.9. The Morgan fingerprint density at radius 3 is 2.67 bits per heavy atom. The number of carbonyl (C=O) groups excluding carboxylic acids is 1. The van der Waals surface area contributed by atoms with Gasteiger partial charge in [-0.1, -0.05) is 12.1 Å². The molecule has 9 heteroatoms. The van der Waals surface area contributed by atoms with E-state index < -0.39 is 0 Å². The molecule has 36 heavy (non-hydrogen) atoms. The largest absolute Gasteiger partial charge is 0.383 e. The number of para-hydroxylation sites is 1. The number of fused-ring (bicyclic) bond motifs is 1. The van der Waals surface area contributed by atoms with Gasteiger partial charge >= 0.3 is 0 Å². The van der Waals surface area contributed by atoms with E-state index in [2.05, 4.69) is 15.1 Å². The predicted molar refractivity (Wildman–Crippen MR) is 139 cm³/mol.